The number of carbonyl (C=O) groups excluding carboxylic acids is 1. The zero-order valence-electron chi connectivity index (χ0n) is 22.4. The van der Waals surface area contributed by atoms with E-state index >= 15 is 0 Å². The monoisotopic (exact) mass is 527 g/mol. The summed E-state index contributed by atoms with van der Waals surface area (Å²) in [6.07, 6.45) is 2.96. The number of carbonyl (C=O) groups is 1. The summed E-state index contributed by atoms with van der Waals surface area (Å²) >= 11 is 0. The second-order valence-electron chi connectivity index (χ2n) is 9.14. The predicted molar refractivity (Wildman–Crippen MR) is 153 cm³/mol. The zero-order chi connectivity index (χ0) is 28.4. The minimum absolute atomic E-state index is 0.00316. The first-order chi connectivity index (χ1) is 18.5. The van der Waals surface area contributed by atoms with E-state index in [-0.39, 0.29) is 11.5 Å². The third-order valence-electron chi connectivity index (χ3n) is 6.42. The summed E-state index contributed by atoms with van der Waals surface area (Å²) in [6, 6.07) is 7.06. The number of aliphatic imine (C=N–C) groups is 1. The molecule has 11 heteroatoms. The molecule has 0 aliphatic heterocycles. The van der Waals surface area contributed by atoms with E-state index < -0.39 is 11.7 Å². The van der Waals surface area contributed by atoms with Crippen LogP contribution in [0.4, 0.5) is 21.7 Å². The van der Waals surface area contributed by atoms with E-state index in [2.05, 4.69) is 30.2 Å². The minimum atomic E-state index is -0.748. The molecule has 3 aromatic heterocycles. The lowest BCUT2D eigenvalue weighted by Crippen LogP contribution is -2.32. The lowest BCUT2D eigenvalue weighted by atomic mass is 10.0. The Morgan fingerprint density at radius 2 is 1.92 bits per heavy atom. The van der Waals surface area contributed by atoms with Crippen LogP contribution in [0.5, 0.6) is 0 Å². The number of aromatic amines is 1. The third kappa shape index (κ3) is 5.24. The molecular weight excluding hydrogens is 497 g/mol. The number of aryl methyl sites for hydroxylation is 2. The maximum absolute atomic E-state index is 14.4. The number of anilines is 3. The molecule has 0 bridgehead atoms. The van der Waals surface area contributed by atoms with Crippen molar-refractivity contribution in [2.45, 2.75) is 41.0 Å². The van der Waals surface area contributed by atoms with Gasteiger partial charge in [0.1, 0.15) is 11.6 Å². The van der Waals surface area contributed by atoms with Crippen LogP contribution in [0, 0.1) is 25.1 Å². The van der Waals surface area contributed by atoms with Crippen molar-refractivity contribution in [1.82, 2.24) is 19.9 Å². The Morgan fingerprint density at radius 3 is 2.59 bits per heavy atom. The van der Waals surface area contributed by atoms with Gasteiger partial charge in [0.15, 0.2) is 17.3 Å². The van der Waals surface area contributed by atoms with Gasteiger partial charge in [-0.2, -0.15) is 0 Å². The number of halogens is 1. The molecule has 0 unspecified atom stereocenters. The maximum atomic E-state index is 14.4. The van der Waals surface area contributed by atoms with E-state index in [0.717, 1.165) is 22.4 Å². The average molecular weight is 528 g/mol. The summed E-state index contributed by atoms with van der Waals surface area (Å²) in [7, 11) is 0. The fraction of sp³-hybridized carbons (Fsp3) is 0.214. The topological polar surface area (TPSA) is 172 Å². The van der Waals surface area contributed by atoms with E-state index in [9.17, 15) is 9.18 Å². The Kier molecular flexibility index (Phi) is 7.52. The zero-order valence-corrected chi connectivity index (χ0v) is 22.4. The van der Waals surface area contributed by atoms with Gasteiger partial charge in [-0.05, 0) is 58.4 Å². The minimum Gasteiger partial charge on any atom is -0.398 e. The number of hydrogen-bond donors (Lipinski definition) is 5. The van der Waals surface area contributed by atoms with Crippen molar-refractivity contribution in [3.63, 3.8) is 0 Å². The number of rotatable bonds is 7. The highest BCUT2D eigenvalue weighted by Gasteiger charge is 2.17. The number of nitrogens with zero attached hydrogens (tertiary/aromatic N) is 4. The highest BCUT2D eigenvalue weighted by molar-refractivity contribution is 6.17. The molecule has 0 spiro atoms. The molecule has 0 fully saturated rings. The molecule has 10 nitrogen and oxygen atoms in total. The van der Waals surface area contributed by atoms with Crippen molar-refractivity contribution >= 4 is 57.3 Å². The average Bonchev–Trinajstić information content (AvgIpc) is 3.27. The van der Waals surface area contributed by atoms with Crippen LogP contribution in [-0.2, 0) is 4.79 Å². The van der Waals surface area contributed by atoms with Crippen LogP contribution in [0.25, 0.3) is 22.2 Å². The highest BCUT2D eigenvalue weighted by Crippen LogP contribution is 2.22. The van der Waals surface area contributed by atoms with E-state index in [1.165, 1.54) is 6.21 Å². The Labute approximate surface area is 224 Å². The van der Waals surface area contributed by atoms with Gasteiger partial charge in [0.05, 0.1) is 11.5 Å². The van der Waals surface area contributed by atoms with Crippen molar-refractivity contribution in [2.75, 3.05) is 11.1 Å². The summed E-state index contributed by atoms with van der Waals surface area (Å²) in [5.41, 5.74) is 16.3. The third-order valence-corrected chi connectivity index (χ3v) is 6.42. The Morgan fingerprint density at radius 1 is 1.18 bits per heavy atom. The molecule has 4 rings (SSSR count). The number of amides is 1. The van der Waals surface area contributed by atoms with E-state index in [1.54, 1.807) is 45.0 Å². The number of hydrogen-bond acceptors (Lipinski definition) is 8. The van der Waals surface area contributed by atoms with Crippen LogP contribution in [0.3, 0.4) is 0 Å². The molecule has 0 saturated heterocycles. The molecule has 39 heavy (non-hydrogen) atoms. The summed E-state index contributed by atoms with van der Waals surface area (Å²) in [5, 5.41) is 12.8. The number of pyridine rings is 1. The number of fused-ring (bicyclic) bond motifs is 1. The standard InChI is InChI=1S/C28H30FN9O/c1-6-13(2)22-23-18(11-30)20(31)9-10-21(23)37-24(22)25(26(32)39)35-15(4)17-8-7-14(3)34-27(17)38-28-19(29)12-33-16(5)36-28/h7-12,30,37H,6,31H2,1-5H3,(H2,32,39)(H,33,34,36,38)/b22-13+,25-24+,30-11?,35-15?. The molecule has 1 aromatic carbocycles. The number of benzene rings is 1. The SMILES string of the molecule is CC/C(C)=c1/c(=C(\N=C(C)c2ccc(C)nc2Nc2nc(C)ncc2F)C(N)=O)[nH]c2ccc(N)c(C=N)c12. The van der Waals surface area contributed by atoms with E-state index in [0.29, 0.717) is 57.1 Å². The largest absolute Gasteiger partial charge is 0.398 e. The van der Waals surface area contributed by atoms with Crippen LogP contribution in [0.15, 0.2) is 35.5 Å². The van der Waals surface area contributed by atoms with Gasteiger partial charge < -0.3 is 27.2 Å². The van der Waals surface area contributed by atoms with Gasteiger partial charge in [-0.25, -0.2) is 24.3 Å². The van der Waals surface area contributed by atoms with Gasteiger partial charge in [0.2, 0.25) is 0 Å². The highest BCUT2D eigenvalue weighted by atomic mass is 19.1. The van der Waals surface area contributed by atoms with Crippen molar-refractivity contribution < 1.29 is 9.18 Å². The number of primary amides is 1. The molecule has 0 aliphatic carbocycles. The van der Waals surface area contributed by atoms with Crippen molar-refractivity contribution in [3.05, 3.63) is 69.5 Å². The number of nitrogens with two attached hydrogens (primary N) is 2. The van der Waals surface area contributed by atoms with Gasteiger partial charge in [-0.15, -0.1) is 0 Å². The first kappa shape index (κ1) is 27.1. The smallest absolute Gasteiger partial charge is 0.269 e. The van der Waals surface area contributed by atoms with Gasteiger partial charge in [0.25, 0.3) is 5.91 Å². The number of nitrogens with one attached hydrogen (secondary N) is 3. The van der Waals surface area contributed by atoms with Crippen LogP contribution in [-0.4, -0.2) is 37.8 Å². The summed E-state index contributed by atoms with van der Waals surface area (Å²) < 4.78 is 14.4. The van der Waals surface area contributed by atoms with Crippen LogP contribution in [0.2, 0.25) is 0 Å². The van der Waals surface area contributed by atoms with Crippen molar-refractivity contribution in [2.24, 2.45) is 10.7 Å². The number of H-pyrrole nitrogens is 1. The first-order valence-corrected chi connectivity index (χ1v) is 12.3. The second kappa shape index (κ2) is 10.8. The molecule has 3 heterocycles. The Bertz CT molecular complexity index is 1790. The number of aromatic nitrogens is 4. The molecule has 0 radical (unpaired) electrons. The molecule has 1 amide bonds. The lowest BCUT2D eigenvalue weighted by Gasteiger charge is -2.12. The molecule has 7 N–H and O–H groups in total. The van der Waals surface area contributed by atoms with E-state index in [1.807, 2.05) is 13.8 Å². The maximum Gasteiger partial charge on any atom is 0.269 e. The fourth-order valence-electron chi connectivity index (χ4n) is 4.33. The second-order valence-corrected chi connectivity index (χ2v) is 9.14. The van der Waals surface area contributed by atoms with Crippen molar-refractivity contribution in [1.29, 1.82) is 5.41 Å². The molecule has 4 aromatic rings. The van der Waals surface area contributed by atoms with Gasteiger partial charge in [-0.3, -0.25) is 4.79 Å². The Hall–Kier alpha value is -4.93. The summed E-state index contributed by atoms with van der Waals surface area (Å²) in [5.74, 6) is -0.715. The van der Waals surface area contributed by atoms with Gasteiger partial charge in [0, 0.05) is 50.6 Å². The first-order valence-electron chi connectivity index (χ1n) is 12.3. The van der Waals surface area contributed by atoms with Crippen LogP contribution in [0.1, 0.15) is 49.8 Å². The summed E-state index contributed by atoms with van der Waals surface area (Å²) in [4.78, 5) is 33.3. The normalized spacial score (nSPS) is 13.3. The predicted octanol–water partition coefficient (Wildman–Crippen LogP) is 3.12. The quantitative estimate of drug-likeness (QED) is 0.182. The number of nitrogen functional groups attached to an aromatic ring is 1. The summed E-state index contributed by atoms with van der Waals surface area (Å²) in [6.45, 7) is 9.11. The molecule has 0 saturated carbocycles. The van der Waals surface area contributed by atoms with Gasteiger partial charge in [-0.1, -0.05) is 12.5 Å². The molecule has 0 atom stereocenters. The molecule has 0 aliphatic rings. The lowest BCUT2D eigenvalue weighted by molar-refractivity contribution is -0.113. The van der Waals surface area contributed by atoms with Gasteiger partial charge >= 0.3 is 0 Å². The fourth-order valence-corrected chi connectivity index (χ4v) is 4.33. The van der Waals surface area contributed by atoms with Crippen LogP contribution < -0.4 is 27.4 Å². The van der Waals surface area contributed by atoms with Crippen LogP contribution >= 0.6 is 0 Å². The molecular formula is C28H30FN9O. The van der Waals surface area contributed by atoms with Crippen molar-refractivity contribution in [3.8, 4) is 0 Å². The van der Waals surface area contributed by atoms with E-state index in [4.69, 9.17) is 16.9 Å². The molecule has 200 valence electrons. The Balaban J connectivity index is 2.02.